The molecule has 0 radical (unpaired) electrons. The van der Waals surface area contributed by atoms with E-state index in [2.05, 4.69) is 20.6 Å². The molecule has 0 fully saturated rings. The van der Waals surface area contributed by atoms with Crippen molar-refractivity contribution in [2.45, 2.75) is 6.42 Å². The van der Waals surface area contributed by atoms with E-state index in [0.29, 0.717) is 18.7 Å². The molecule has 3 N–H and O–H groups in total. The number of hydrogen-bond donors (Lipinski definition) is 3. The first-order chi connectivity index (χ1) is 9.65. The van der Waals surface area contributed by atoms with E-state index in [-0.39, 0.29) is 11.7 Å². The summed E-state index contributed by atoms with van der Waals surface area (Å²) in [6.07, 6.45) is 3.96. The molecule has 8 heteroatoms. The van der Waals surface area contributed by atoms with Gasteiger partial charge in [0.2, 0.25) is 0 Å². The number of benzene rings is 1. The number of nitro groups is 1. The minimum Gasteiger partial charge on any atom is -0.349 e. The molecule has 0 saturated heterocycles. The molecule has 1 aromatic heterocycles. The number of non-ortho nitro benzene ring substituents is 1. The van der Waals surface area contributed by atoms with Gasteiger partial charge in [0.05, 0.1) is 4.92 Å². The van der Waals surface area contributed by atoms with Gasteiger partial charge in [-0.25, -0.2) is 9.78 Å². The maximum Gasteiger partial charge on any atom is 0.319 e. The molecular formula is C12H13N5O3. The van der Waals surface area contributed by atoms with Crippen molar-refractivity contribution in [3.05, 3.63) is 52.6 Å². The minimum absolute atomic E-state index is 0.0197. The maximum atomic E-state index is 11.6. The van der Waals surface area contributed by atoms with Crippen LogP contribution in [0.1, 0.15) is 5.82 Å². The predicted octanol–water partition coefficient (Wildman–Crippen LogP) is 1.68. The van der Waals surface area contributed by atoms with E-state index in [4.69, 9.17) is 0 Å². The lowest BCUT2D eigenvalue weighted by Crippen LogP contribution is -2.30. The van der Waals surface area contributed by atoms with Crippen LogP contribution in [0.2, 0.25) is 0 Å². The molecule has 0 aliphatic carbocycles. The molecule has 2 aromatic rings. The molecule has 2 rings (SSSR count). The van der Waals surface area contributed by atoms with Crippen LogP contribution in [0.5, 0.6) is 0 Å². The number of carbonyl (C=O) groups is 1. The van der Waals surface area contributed by atoms with Crippen LogP contribution in [0.4, 0.5) is 16.2 Å². The first-order valence-corrected chi connectivity index (χ1v) is 5.93. The summed E-state index contributed by atoms with van der Waals surface area (Å²) in [7, 11) is 0. The van der Waals surface area contributed by atoms with Crippen molar-refractivity contribution in [3.63, 3.8) is 0 Å². The summed E-state index contributed by atoms with van der Waals surface area (Å²) in [5.41, 5.74) is 0.472. The van der Waals surface area contributed by atoms with Gasteiger partial charge in [-0.05, 0) is 12.1 Å². The highest BCUT2D eigenvalue weighted by molar-refractivity contribution is 5.89. The Bertz CT molecular complexity index is 580. The van der Waals surface area contributed by atoms with Gasteiger partial charge in [0.1, 0.15) is 5.82 Å². The second-order valence-electron chi connectivity index (χ2n) is 3.97. The van der Waals surface area contributed by atoms with Crippen molar-refractivity contribution in [2.75, 3.05) is 11.9 Å². The number of aromatic nitrogens is 2. The average Bonchev–Trinajstić information content (AvgIpc) is 2.92. The number of aromatic amines is 1. The average molecular weight is 275 g/mol. The van der Waals surface area contributed by atoms with E-state index in [1.54, 1.807) is 12.4 Å². The van der Waals surface area contributed by atoms with Gasteiger partial charge in [-0.3, -0.25) is 10.1 Å². The summed E-state index contributed by atoms with van der Waals surface area (Å²) < 4.78 is 0. The highest BCUT2D eigenvalue weighted by Crippen LogP contribution is 2.15. The lowest BCUT2D eigenvalue weighted by Gasteiger charge is -2.06. The fraction of sp³-hybridized carbons (Fsp3) is 0.167. The van der Waals surface area contributed by atoms with Gasteiger partial charge in [0.15, 0.2) is 0 Å². The van der Waals surface area contributed by atoms with Gasteiger partial charge in [-0.15, -0.1) is 0 Å². The summed E-state index contributed by atoms with van der Waals surface area (Å²) in [5, 5.41) is 15.7. The molecule has 0 aliphatic heterocycles. The van der Waals surface area contributed by atoms with Crippen molar-refractivity contribution in [1.82, 2.24) is 15.3 Å². The monoisotopic (exact) mass is 275 g/mol. The van der Waals surface area contributed by atoms with Gasteiger partial charge < -0.3 is 15.6 Å². The minimum atomic E-state index is -0.493. The maximum absolute atomic E-state index is 11.6. The van der Waals surface area contributed by atoms with Crippen LogP contribution in [0, 0.1) is 10.1 Å². The van der Waals surface area contributed by atoms with Crippen molar-refractivity contribution in [1.29, 1.82) is 0 Å². The molecule has 8 nitrogen and oxygen atoms in total. The fourth-order valence-electron chi connectivity index (χ4n) is 1.57. The number of imidazole rings is 1. The molecule has 0 saturated carbocycles. The third-order valence-corrected chi connectivity index (χ3v) is 2.54. The van der Waals surface area contributed by atoms with E-state index in [9.17, 15) is 14.9 Å². The SMILES string of the molecule is O=C(NCCc1ncc[nH]1)Nc1ccc([N+](=O)[O-])cc1. The number of hydrogen-bond acceptors (Lipinski definition) is 4. The van der Waals surface area contributed by atoms with Crippen LogP contribution in [0.15, 0.2) is 36.7 Å². The normalized spacial score (nSPS) is 10.0. The van der Waals surface area contributed by atoms with Crippen LogP contribution >= 0.6 is 0 Å². The zero-order chi connectivity index (χ0) is 14.4. The molecule has 0 bridgehead atoms. The quantitative estimate of drug-likeness (QED) is 0.569. The lowest BCUT2D eigenvalue weighted by atomic mass is 10.3. The van der Waals surface area contributed by atoms with Crippen molar-refractivity contribution in [3.8, 4) is 0 Å². The number of nitrogens with one attached hydrogen (secondary N) is 3. The molecule has 0 unspecified atom stereocenters. The first-order valence-electron chi connectivity index (χ1n) is 5.93. The zero-order valence-electron chi connectivity index (χ0n) is 10.5. The number of H-pyrrole nitrogens is 1. The summed E-state index contributed by atoms with van der Waals surface area (Å²) >= 11 is 0. The number of amides is 2. The summed E-state index contributed by atoms with van der Waals surface area (Å²) in [6.45, 7) is 0.437. The first kappa shape index (κ1) is 13.5. The van der Waals surface area contributed by atoms with E-state index >= 15 is 0 Å². The highest BCUT2D eigenvalue weighted by Gasteiger charge is 2.06. The molecular weight excluding hydrogens is 262 g/mol. The third-order valence-electron chi connectivity index (χ3n) is 2.54. The molecule has 1 heterocycles. The molecule has 0 aliphatic rings. The van der Waals surface area contributed by atoms with Gasteiger partial charge >= 0.3 is 6.03 Å². The Morgan fingerprint density at radius 2 is 2.10 bits per heavy atom. The van der Waals surface area contributed by atoms with Crippen LogP contribution in [-0.2, 0) is 6.42 Å². The molecule has 2 amide bonds. The van der Waals surface area contributed by atoms with Crippen molar-refractivity contribution >= 4 is 17.4 Å². The van der Waals surface area contributed by atoms with Crippen molar-refractivity contribution in [2.24, 2.45) is 0 Å². The van der Waals surface area contributed by atoms with E-state index in [1.807, 2.05) is 0 Å². The number of rotatable bonds is 5. The number of carbonyl (C=O) groups excluding carboxylic acids is 1. The van der Waals surface area contributed by atoms with Crippen LogP contribution in [-0.4, -0.2) is 27.5 Å². The number of anilines is 1. The van der Waals surface area contributed by atoms with Gasteiger partial charge in [0.25, 0.3) is 5.69 Å². The standard InChI is InChI=1S/C12H13N5O3/c18-12(15-6-5-11-13-7-8-14-11)16-9-1-3-10(4-2-9)17(19)20/h1-4,7-8H,5-6H2,(H,13,14)(H2,15,16,18). The molecule has 0 spiro atoms. The van der Waals surface area contributed by atoms with Gasteiger partial charge in [-0.2, -0.15) is 0 Å². The Labute approximate surface area is 114 Å². The largest absolute Gasteiger partial charge is 0.349 e. The number of nitro benzene ring substituents is 1. The molecule has 104 valence electrons. The Balaban J connectivity index is 1.77. The second-order valence-corrected chi connectivity index (χ2v) is 3.97. The number of nitrogens with zero attached hydrogens (tertiary/aromatic N) is 2. The Morgan fingerprint density at radius 1 is 1.35 bits per heavy atom. The van der Waals surface area contributed by atoms with E-state index in [1.165, 1.54) is 24.3 Å². The second kappa shape index (κ2) is 6.32. The van der Waals surface area contributed by atoms with Gasteiger partial charge in [0, 0.05) is 43.2 Å². The predicted molar refractivity (Wildman–Crippen MR) is 72.4 cm³/mol. The van der Waals surface area contributed by atoms with Crippen LogP contribution in [0.25, 0.3) is 0 Å². The van der Waals surface area contributed by atoms with E-state index in [0.717, 1.165) is 5.82 Å². The smallest absolute Gasteiger partial charge is 0.319 e. The number of urea groups is 1. The summed E-state index contributed by atoms with van der Waals surface area (Å²) in [4.78, 5) is 28.5. The Morgan fingerprint density at radius 3 is 2.70 bits per heavy atom. The Kier molecular flexibility index (Phi) is 4.28. The molecule has 1 aromatic carbocycles. The third kappa shape index (κ3) is 3.80. The van der Waals surface area contributed by atoms with Gasteiger partial charge in [-0.1, -0.05) is 0 Å². The summed E-state index contributed by atoms with van der Waals surface area (Å²) in [6, 6.07) is 5.25. The van der Waals surface area contributed by atoms with E-state index < -0.39 is 4.92 Å². The molecule has 20 heavy (non-hydrogen) atoms. The Hall–Kier alpha value is -2.90. The fourth-order valence-corrected chi connectivity index (χ4v) is 1.57. The zero-order valence-corrected chi connectivity index (χ0v) is 10.5. The summed E-state index contributed by atoms with van der Waals surface area (Å²) in [5.74, 6) is 0.792. The van der Waals surface area contributed by atoms with Crippen LogP contribution in [0.3, 0.4) is 0 Å². The van der Waals surface area contributed by atoms with Crippen molar-refractivity contribution < 1.29 is 9.72 Å². The molecule has 0 atom stereocenters. The highest BCUT2D eigenvalue weighted by atomic mass is 16.6. The lowest BCUT2D eigenvalue weighted by molar-refractivity contribution is -0.384. The van der Waals surface area contributed by atoms with Crippen LogP contribution < -0.4 is 10.6 Å². The topological polar surface area (TPSA) is 113 Å².